The molecule has 2 aromatic rings. The van der Waals surface area contributed by atoms with Crippen molar-refractivity contribution in [2.24, 2.45) is 5.10 Å². The van der Waals surface area contributed by atoms with Crippen LogP contribution >= 0.6 is 15.9 Å². The van der Waals surface area contributed by atoms with E-state index < -0.39 is 0 Å². The Hall–Kier alpha value is -2.41. The zero-order valence-corrected chi connectivity index (χ0v) is 13.6. The fourth-order valence-corrected chi connectivity index (χ4v) is 2.06. The molecular weight excluding hydrogens is 350 g/mol. The lowest BCUT2D eigenvalue weighted by Gasteiger charge is -2.07. The topological polar surface area (TPSA) is 72.8 Å². The molecule has 2 rings (SSSR count). The van der Waals surface area contributed by atoms with Gasteiger partial charge in [0.25, 0.3) is 5.91 Å². The Balaban J connectivity index is 2.05. The number of carbonyl (C=O) groups excluding carboxylic acids is 1. The molecule has 114 valence electrons. The van der Waals surface area contributed by atoms with Crippen molar-refractivity contribution in [2.75, 3.05) is 14.2 Å². The zero-order chi connectivity index (χ0) is 15.9. The van der Waals surface area contributed by atoms with E-state index >= 15 is 0 Å². The second kappa shape index (κ2) is 7.56. The largest absolute Gasteiger partial charge is 0.493 e. The van der Waals surface area contributed by atoms with Gasteiger partial charge in [0, 0.05) is 16.9 Å². The van der Waals surface area contributed by atoms with E-state index in [1.807, 2.05) is 0 Å². The van der Waals surface area contributed by atoms with E-state index in [0.29, 0.717) is 17.1 Å². The Morgan fingerprint density at radius 2 is 2.00 bits per heavy atom. The number of amides is 1. The van der Waals surface area contributed by atoms with Crippen LogP contribution in [0.2, 0.25) is 0 Å². The summed E-state index contributed by atoms with van der Waals surface area (Å²) in [4.78, 5) is 15.8. The molecule has 0 saturated heterocycles. The van der Waals surface area contributed by atoms with Gasteiger partial charge in [0.1, 0.15) is 0 Å². The van der Waals surface area contributed by atoms with Gasteiger partial charge in [-0.25, -0.2) is 5.43 Å². The molecule has 0 radical (unpaired) electrons. The van der Waals surface area contributed by atoms with Crippen LogP contribution in [0, 0.1) is 0 Å². The van der Waals surface area contributed by atoms with E-state index in [9.17, 15) is 4.79 Å². The standard InChI is InChI=1S/C15H14BrN3O3/c1-21-13-4-3-10(5-14(13)22-2)7-18-19-15(20)11-6-12(16)9-17-8-11/h3-9H,1-2H3,(H,19,20)/b18-7+. The number of pyridine rings is 1. The number of hydrogen-bond acceptors (Lipinski definition) is 5. The Bertz CT molecular complexity index is 704. The molecule has 6 nitrogen and oxygen atoms in total. The van der Waals surface area contributed by atoms with E-state index in [1.54, 1.807) is 44.7 Å². The molecule has 0 aliphatic carbocycles. The van der Waals surface area contributed by atoms with E-state index in [4.69, 9.17) is 9.47 Å². The number of ether oxygens (including phenoxy) is 2. The fourth-order valence-electron chi connectivity index (χ4n) is 1.70. The highest BCUT2D eigenvalue weighted by atomic mass is 79.9. The van der Waals surface area contributed by atoms with Crippen LogP contribution in [0.25, 0.3) is 0 Å². The summed E-state index contributed by atoms with van der Waals surface area (Å²) in [5.41, 5.74) is 3.62. The van der Waals surface area contributed by atoms with Crippen LogP contribution in [0.3, 0.4) is 0 Å². The quantitative estimate of drug-likeness (QED) is 0.654. The van der Waals surface area contributed by atoms with E-state index in [0.717, 1.165) is 10.0 Å². The van der Waals surface area contributed by atoms with Gasteiger partial charge in [-0.05, 0) is 45.8 Å². The van der Waals surface area contributed by atoms with Crippen molar-refractivity contribution in [3.8, 4) is 11.5 Å². The molecule has 0 spiro atoms. The van der Waals surface area contributed by atoms with E-state index in [2.05, 4.69) is 31.4 Å². The summed E-state index contributed by atoms with van der Waals surface area (Å²) in [6.07, 6.45) is 4.58. The lowest BCUT2D eigenvalue weighted by Crippen LogP contribution is -2.17. The first-order valence-corrected chi connectivity index (χ1v) is 7.09. The Kier molecular flexibility index (Phi) is 5.48. The highest BCUT2D eigenvalue weighted by Crippen LogP contribution is 2.26. The van der Waals surface area contributed by atoms with Crippen LogP contribution in [-0.2, 0) is 0 Å². The monoisotopic (exact) mass is 363 g/mol. The predicted molar refractivity (Wildman–Crippen MR) is 86.5 cm³/mol. The fraction of sp³-hybridized carbons (Fsp3) is 0.133. The van der Waals surface area contributed by atoms with Crippen molar-refractivity contribution in [3.05, 3.63) is 52.3 Å². The third-order valence-electron chi connectivity index (χ3n) is 2.75. The molecule has 1 N–H and O–H groups in total. The first kappa shape index (κ1) is 16.0. The van der Waals surface area contributed by atoms with Crippen molar-refractivity contribution in [3.63, 3.8) is 0 Å². The van der Waals surface area contributed by atoms with Crippen LogP contribution in [0.5, 0.6) is 11.5 Å². The molecule has 7 heteroatoms. The van der Waals surface area contributed by atoms with Crippen LogP contribution in [0.1, 0.15) is 15.9 Å². The summed E-state index contributed by atoms with van der Waals surface area (Å²) >= 11 is 3.26. The van der Waals surface area contributed by atoms with Crippen LogP contribution in [0.4, 0.5) is 0 Å². The van der Waals surface area contributed by atoms with Gasteiger partial charge >= 0.3 is 0 Å². The number of nitrogens with zero attached hydrogens (tertiary/aromatic N) is 2. The second-order valence-corrected chi connectivity index (χ2v) is 5.12. The van der Waals surface area contributed by atoms with Crippen LogP contribution in [-0.4, -0.2) is 31.3 Å². The number of rotatable bonds is 5. The number of benzene rings is 1. The molecule has 0 aliphatic heterocycles. The molecule has 1 aromatic heterocycles. The van der Waals surface area contributed by atoms with Crippen molar-refractivity contribution >= 4 is 28.1 Å². The number of methoxy groups -OCH3 is 2. The number of halogens is 1. The molecule has 22 heavy (non-hydrogen) atoms. The molecule has 1 amide bonds. The predicted octanol–water partition coefficient (Wildman–Crippen LogP) is 2.63. The van der Waals surface area contributed by atoms with E-state index in [-0.39, 0.29) is 5.91 Å². The molecule has 0 aliphatic rings. The first-order valence-electron chi connectivity index (χ1n) is 6.30. The van der Waals surface area contributed by atoms with Gasteiger partial charge in [0.15, 0.2) is 11.5 Å². The average molecular weight is 364 g/mol. The third kappa shape index (κ3) is 4.05. The molecule has 0 fully saturated rings. The number of nitrogens with one attached hydrogen (secondary N) is 1. The second-order valence-electron chi connectivity index (χ2n) is 4.21. The minimum absolute atomic E-state index is 0.342. The highest BCUT2D eigenvalue weighted by molar-refractivity contribution is 9.10. The summed E-state index contributed by atoms with van der Waals surface area (Å²) < 4.78 is 11.1. The summed E-state index contributed by atoms with van der Waals surface area (Å²) in [5.74, 6) is 0.878. The highest BCUT2D eigenvalue weighted by Gasteiger charge is 2.05. The zero-order valence-electron chi connectivity index (χ0n) is 12.0. The lowest BCUT2D eigenvalue weighted by molar-refractivity contribution is 0.0954. The molecule has 1 aromatic carbocycles. The number of hydrogen-bond donors (Lipinski definition) is 1. The van der Waals surface area contributed by atoms with Crippen LogP contribution in [0.15, 0.2) is 46.2 Å². The maximum Gasteiger partial charge on any atom is 0.272 e. The lowest BCUT2D eigenvalue weighted by atomic mass is 10.2. The Morgan fingerprint density at radius 3 is 2.68 bits per heavy atom. The maximum absolute atomic E-state index is 11.9. The van der Waals surface area contributed by atoms with Gasteiger partial charge in [-0.2, -0.15) is 5.10 Å². The van der Waals surface area contributed by atoms with Crippen molar-refractivity contribution in [1.29, 1.82) is 0 Å². The third-order valence-corrected chi connectivity index (χ3v) is 3.19. The molecule has 0 unspecified atom stereocenters. The number of carbonyl (C=O) groups is 1. The molecule has 0 bridgehead atoms. The normalized spacial score (nSPS) is 10.5. The molecular formula is C15H14BrN3O3. The summed E-state index contributed by atoms with van der Waals surface area (Å²) in [7, 11) is 3.12. The van der Waals surface area contributed by atoms with Gasteiger partial charge < -0.3 is 9.47 Å². The molecule has 0 saturated carbocycles. The number of aromatic nitrogens is 1. The summed E-state index contributed by atoms with van der Waals surface area (Å²) in [6.45, 7) is 0. The maximum atomic E-state index is 11.9. The van der Waals surface area contributed by atoms with E-state index in [1.165, 1.54) is 12.4 Å². The average Bonchev–Trinajstić information content (AvgIpc) is 2.54. The summed E-state index contributed by atoms with van der Waals surface area (Å²) in [6, 6.07) is 6.99. The van der Waals surface area contributed by atoms with Crippen molar-refractivity contribution < 1.29 is 14.3 Å². The number of hydrazone groups is 1. The molecule has 0 atom stereocenters. The van der Waals surface area contributed by atoms with Gasteiger partial charge in [0.05, 0.1) is 26.0 Å². The molecule has 1 heterocycles. The smallest absolute Gasteiger partial charge is 0.272 e. The summed E-state index contributed by atoms with van der Waals surface area (Å²) in [5, 5.41) is 3.91. The first-order chi connectivity index (χ1) is 10.6. The minimum Gasteiger partial charge on any atom is -0.493 e. The van der Waals surface area contributed by atoms with Crippen molar-refractivity contribution in [2.45, 2.75) is 0 Å². The Labute approximate surface area is 136 Å². The minimum atomic E-state index is -0.342. The SMILES string of the molecule is COc1ccc(/C=N/NC(=O)c2cncc(Br)c2)cc1OC. The van der Waals surface area contributed by atoms with Crippen LogP contribution < -0.4 is 14.9 Å². The van der Waals surface area contributed by atoms with Gasteiger partial charge in [0.2, 0.25) is 0 Å². The Morgan fingerprint density at radius 1 is 1.23 bits per heavy atom. The van der Waals surface area contributed by atoms with Gasteiger partial charge in [-0.3, -0.25) is 9.78 Å². The van der Waals surface area contributed by atoms with Gasteiger partial charge in [-0.15, -0.1) is 0 Å². The van der Waals surface area contributed by atoms with Crippen molar-refractivity contribution in [1.82, 2.24) is 10.4 Å². The van der Waals surface area contributed by atoms with Gasteiger partial charge in [-0.1, -0.05) is 0 Å².